The van der Waals surface area contributed by atoms with Crippen molar-refractivity contribution in [2.24, 2.45) is 5.73 Å². The maximum absolute atomic E-state index is 13.3. The van der Waals surface area contributed by atoms with Crippen LogP contribution in [0.4, 0.5) is 4.39 Å². The normalized spacial score (nSPS) is 11.9. The summed E-state index contributed by atoms with van der Waals surface area (Å²) in [7, 11) is 0. The molecule has 0 radical (unpaired) electrons. The van der Waals surface area contributed by atoms with E-state index in [4.69, 9.17) is 5.73 Å². The summed E-state index contributed by atoms with van der Waals surface area (Å²) in [5, 5.41) is 0. The summed E-state index contributed by atoms with van der Waals surface area (Å²) < 4.78 is 13.9. The second-order valence-corrected chi connectivity index (χ2v) is 5.18. The molecule has 1 aromatic carbocycles. The van der Waals surface area contributed by atoms with Gasteiger partial charge in [0.1, 0.15) is 5.82 Å². The summed E-state index contributed by atoms with van der Waals surface area (Å²) in [6, 6.07) is 3.47. The Morgan fingerprint density at radius 2 is 2.00 bits per heavy atom. The van der Waals surface area contributed by atoms with Crippen molar-refractivity contribution < 1.29 is 4.39 Å². The fourth-order valence-electron chi connectivity index (χ4n) is 1.42. The number of hydrogen-bond donors (Lipinski definition) is 1. The molecule has 78 valence electrons. The molecule has 0 aliphatic rings. The molecule has 2 N–H and O–H groups in total. The molecular formula is C11H15BrFN. The van der Waals surface area contributed by atoms with E-state index in [-0.39, 0.29) is 11.4 Å². The van der Waals surface area contributed by atoms with E-state index in [1.54, 1.807) is 0 Å². The summed E-state index contributed by atoms with van der Waals surface area (Å²) in [4.78, 5) is 0. The highest BCUT2D eigenvalue weighted by molar-refractivity contribution is 9.10. The lowest BCUT2D eigenvalue weighted by Crippen LogP contribution is -2.34. The number of aryl methyl sites for hydroxylation is 1. The first kappa shape index (κ1) is 11.7. The molecule has 0 saturated heterocycles. The lowest BCUT2D eigenvalue weighted by molar-refractivity contribution is 0.512. The Hall–Kier alpha value is -0.410. The Morgan fingerprint density at radius 3 is 2.50 bits per heavy atom. The van der Waals surface area contributed by atoms with E-state index < -0.39 is 0 Å². The molecule has 0 aliphatic carbocycles. The van der Waals surface area contributed by atoms with E-state index in [9.17, 15) is 4.39 Å². The van der Waals surface area contributed by atoms with Crippen LogP contribution in [-0.4, -0.2) is 5.54 Å². The monoisotopic (exact) mass is 259 g/mol. The zero-order chi connectivity index (χ0) is 10.9. The van der Waals surface area contributed by atoms with E-state index in [2.05, 4.69) is 15.9 Å². The molecule has 1 aromatic rings. The van der Waals surface area contributed by atoms with Crippen molar-refractivity contribution in [2.75, 3.05) is 0 Å². The molecule has 0 spiro atoms. The van der Waals surface area contributed by atoms with Crippen LogP contribution in [0, 0.1) is 12.7 Å². The molecule has 14 heavy (non-hydrogen) atoms. The van der Waals surface area contributed by atoms with Gasteiger partial charge >= 0.3 is 0 Å². The minimum absolute atomic E-state index is 0.218. The molecule has 0 aromatic heterocycles. The van der Waals surface area contributed by atoms with Crippen molar-refractivity contribution in [1.29, 1.82) is 0 Å². The topological polar surface area (TPSA) is 26.0 Å². The van der Waals surface area contributed by atoms with Gasteiger partial charge in [0.25, 0.3) is 0 Å². The van der Waals surface area contributed by atoms with Crippen LogP contribution >= 0.6 is 15.9 Å². The number of halogens is 2. The molecule has 1 nitrogen and oxygen atoms in total. The van der Waals surface area contributed by atoms with Crippen molar-refractivity contribution in [1.82, 2.24) is 0 Å². The zero-order valence-corrected chi connectivity index (χ0v) is 10.3. The second kappa shape index (κ2) is 3.99. The molecular weight excluding hydrogens is 245 g/mol. The van der Waals surface area contributed by atoms with Crippen molar-refractivity contribution in [3.63, 3.8) is 0 Å². The molecule has 0 unspecified atom stereocenters. The quantitative estimate of drug-likeness (QED) is 0.868. The predicted molar refractivity (Wildman–Crippen MR) is 60.8 cm³/mol. The Labute approximate surface area is 92.6 Å². The molecule has 1 rings (SSSR count). The Kier molecular flexibility index (Phi) is 3.32. The average molecular weight is 260 g/mol. The third-order valence-electron chi connectivity index (χ3n) is 1.89. The predicted octanol–water partition coefficient (Wildman–Crippen LogP) is 3.18. The highest BCUT2D eigenvalue weighted by Gasteiger charge is 2.15. The second-order valence-electron chi connectivity index (χ2n) is 4.39. The van der Waals surface area contributed by atoms with E-state index in [1.807, 2.05) is 26.8 Å². The van der Waals surface area contributed by atoms with E-state index in [0.717, 1.165) is 11.1 Å². The first-order valence-electron chi connectivity index (χ1n) is 4.53. The third kappa shape index (κ3) is 3.07. The van der Waals surface area contributed by atoms with Gasteiger partial charge in [0, 0.05) is 5.54 Å². The van der Waals surface area contributed by atoms with Gasteiger partial charge in [-0.15, -0.1) is 0 Å². The van der Waals surface area contributed by atoms with Crippen LogP contribution in [0.25, 0.3) is 0 Å². The van der Waals surface area contributed by atoms with Gasteiger partial charge in [-0.3, -0.25) is 0 Å². The highest BCUT2D eigenvalue weighted by Crippen LogP contribution is 2.25. The Morgan fingerprint density at radius 1 is 1.43 bits per heavy atom. The van der Waals surface area contributed by atoms with Crippen molar-refractivity contribution >= 4 is 15.9 Å². The molecule has 3 heteroatoms. The van der Waals surface area contributed by atoms with Gasteiger partial charge < -0.3 is 5.73 Å². The van der Waals surface area contributed by atoms with E-state index >= 15 is 0 Å². The largest absolute Gasteiger partial charge is 0.325 e. The van der Waals surface area contributed by atoms with Crippen LogP contribution in [-0.2, 0) is 6.42 Å². The molecule has 0 heterocycles. The van der Waals surface area contributed by atoms with Crippen molar-refractivity contribution in [3.05, 3.63) is 33.5 Å². The first-order valence-corrected chi connectivity index (χ1v) is 5.32. The molecule has 0 saturated carbocycles. The number of hydrogen-bond acceptors (Lipinski definition) is 1. The Bertz CT molecular complexity index is 342. The standard InChI is InChI=1S/C11H15BrFN/c1-7-4-8(6-11(2,3)14)10(12)9(13)5-7/h4-5H,6,14H2,1-3H3. The lowest BCUT2D eigenvalue weighted by Gasteiger charge is -2.19. The van der Waals surface area contributed by atoms with Gasteiger partial charge in [0.05, 0.1) is 4.47 Å². The lowest BCUT2D eigenvalue weighted by atomic mass is 9.95. The first-order chi connectivity index (χ1) is 6.29. The fraction of sp³-hybridized carbons (Fsp3) is 0.455. The molecule has 0 fully saturated rings. The molecule has 0 atom stereocenters. The van der Waals surface area contributed by atoms with Crippen LogP contribution in [0.3, 0.4) is 0 Å². The molecule has 0 bridgehead atoms. The SMILES string of the molecule is Cc1cc(F)c(Br)c(CC(C)(C)N)c1. The van der Waals surface area contributed by atoms with E-state index in [1.165, 1.54) is 6.07 Å². The zero-order valence-electron chi connectivity index (χ0n) is 8.70. The summed E-state index contributed by atoms with van der Waals surface area (Å²) in [6.07, 6.45) is 0.659. The minimum Gasteiger partial charge on any atom is -0.325 e. The van der Waals surface area contributed by atoms with Crippen LogP contribution in [0.1, 0.15) is 25.0 Å². The molecule has 0 amide bonds. The summed E-state index contributed by atoms with van der Waals surface area (Å²) >= 11 is 3.24. The smallest absolute Gasteiger partial charge is 0.137 e. The fourth-order valence-corrected chi connectivity index (χ4v) is 1.79. The van der Waals surface area contributed by atoms with Gasteiger partial charge in [0.2, 0.25) is 0 Å². The van der Waals surface area contributed by atoms with Gasteiger partial charge in [-0.25, -0.2) is 4.39 Å². The van der Waals surface area contributed by atoms with Crippen molar-refractivity contribution in [3.8, 4) is 0 Å². The summed E-state index contributed by atoms with van der Waals surface area (Å²) in [5.74, 6) is -0.218. The van der Waals surface area contributed by atoms with Gasteiger partial charge in [-0.1, -0.05) is 6.07 Å². The number of benzene rings is 1. The maximum Gasteiger partial charge on any atom is 0.137 e. The van der Waals surface area contributed by atoms with Gasteiger partial charge in [-0.2, -0.15) is 0 Å². The van der Waals surface area contributed by atoms with Gasteiger partial charge in [0.15, 0.2) is 0 Å². The minimum atomic E-state index is -0.317. The van der Waals surface area contributed by atoms with Crippen LogP contribution in [0.5, 0.6) is 0 Å². The average Bonchev–Trinajstić information content (AvgIpc) is 1.96. The molecule has 0 aliphatic heterocycles. The third-order valence-corrected chi connectivity index (χ3v) is 2.78. The van der Waals surface area contributed by atoms with Crippen LogP contribution < -0.4 is 5.73 Å². The number of rotatable bonds is 2. The number of nitrogens with two attached hydrogens (primary N) is 1. The summed E-state index contributed by atoms with van der Waals surface area (Å²) in [6.45, 7) is 5.74. The van der Waals surface area contributed by atoms with Crippen LogP contribution in [0.15, 0.2) is 16.6 Å². The van der Waals surface area contributed by atoms with Crippen molar-refractivity contribution in [2.45, 2.75) is 32.7 Å². The Balaban J connectivity index is 3.09. The van der Waals surface area contributed by atoms with E-state index in [0.29, 0.717) is 10.9 Å². The summed E-state index contributed by atoms with van der Waals surface area (Å²) in [5.41, 5.74) is 7.42. The van der Waals surface area contributed by atoms with Crippen LogP contribution in [0.2, 0.25) is 0 Å². The highest BCUT2D eigenvalue weighted by atomic mass is 79.9. The van der Waals surface area contributed by atoms with Gasteiger partial charge in [-0.05, 0) is 60.3 Å². The maximum atomic E-state index is 13.3.